The SMILES string of the molecule is CC1CC(OCCn2ccc(N)n2)CC(C)(C)C1. The Morgan fingerprint density at radius 3 is 2.89 bits per heavy atom. The van der Waals surface area contributed by atoms with Crippen molar-refractivity contribution < 1.29 is 4.74 Å². The van der Waals surface area contributed by atoms with Crippen molar-refractivity contribution in [3.8, 4) is 0 Å². The summed E-state index contributed by atoms with van der Waals surface area (Å²) in [5, 5.41) is 4.15. The third-order valence-electron chi connectivity index (χ3n) is 3.68. The number of rotatable bonds is 4. The van der Waals surface area contributed by atoms with E-state index in [0.29, 0.717) is 23.9 Å². The largest absolute Gasteiger partial charge is 0.382 e. The van der Waals surface area contributed by atoms with Gasteiger partial charge in [0.15, 0.2) is 0 Å². The van der Waals surface area contributed by atoms with Crippen LogP contribution in [-0.4, -0.2) is 22.5 Å². The maximum atomic E-state index is 6.00. The molecule has 0 bridgehead atoms. The topological polar surface area (TPSA) is 53.1 Å². The Kier molecular flexibility index (Phi) is 3.95. The highest BCUT2D eigenvalue weighted by Crippen LogP contribution is 2.39. The molecule has 0 spiro atoms. The number of nitrogens with two attached hydrogens (primary N) is 1. The second kappa shape index (κ2) is 5.31. The van der Waals surface area contributed by atoms with Crippen LogP contribution in [0.15, 0.2) is 12.3 Å². The third-order valence-corrected chi connectivity index (χ3v) is 3.68. The van der Waals surface area contributed by atoms with Gasteiger partial charge in [0.1, 0.15) is 5.82 Å². The summed E-state index contributed by atoms with van der Waals surface area (Å²) in [5.41, 5.74) is 5.99. The Bertz CT molecular complexity index is 386. The number of anilines is 1. The molecule has 102 valence electrons. The van der Waals surface area contributed by atoms with E-state index in [1.807, 2.05) is 16.9 Å². The average Bonchev–Trinajstić information content (AvgIpc) is 2.61. The molecule has 0 aliphatic heterocycles. The molecular weight excluding hydrogens is 226 g/mol. The van der Waals surface area contributed by atoms with E-state index in [-0.39, 0.29) is 0 Å². The van der Waals surface area contributed by atoms with Crippen LogP contribution in [-0.2, 0) is 11.3 Å². The molecule has 0 amide bonds. The fourth-order valence-electron chi connectivity index (χ4n) is 3.20. The van der Waals surface area contributed by atoms with Crippen LogP contribution in [0.25, 0.3) is 0 Å². The number of aromatic nitrogens is 2. The van der Waals surface area contributed by atoms with E-state index in [2.05, 4.69) is 25.9 Å². The molecule has 1 aromatic rings. The summed E-state index contributed by atoms with van der Waals surface area (Å²) in [6.07, 6.45) is 5.95. The Hall–Kier alpha value is -1.03. The van der Waals surface area contributed by atoms with Gasteiger partial charge in [0.05, 0.1) is 19.3 Å². The van der Waals surface area contributed by atoms with Crippen LogP contribution in [0.4, 0.5) is 5.82 Å². The van der Waals surface area contributed by atoms with Gasteiger partial charge in [0.2, 0.25) is 0 Å². The summed E-state index contributed by atoms with van der Waals surface area (Å²) < 4.78 is 7.84. The van der Waals surface area contributed by atoms with Gasteiger partial charge in [0.25, 0.3) is 0 Å². The van der Waals surface area contributed by atoms with Gasteiger partial charge in [-0.25, -0.2) is 0 Å². The van der Waals surface area contributed by atoms with E-state index in [4.69, 9.17) is 10.5 Å². The molecule has 4 heteroatoms. The lowest BCUT2D eigenvalue weighted by Crippen LogP contribution is -2.33. The highest BCUT2D eigenvalue weighted by molar-refractivity contribution is 5.23. The van der Waals surface area contributed by atoms with Crippen LogP contribution in [0, 0.1) is 11.3 Å². The zero-order valence-electron chi connectivity index (χ0n) is 11.7. The summed E-state index contributed by atoms with van der Waals surface area (Å²) >= 11 is 0. The number of nitrogens with zero attached hydrogens (tertiary/aromatic N) is 2. The van der Waals surface area contributed by atoms with E-state index in [1.165, 1.54) is 19.3 Å². The second-order valence-corrected chi connectivity index (χ2v) is 6.41. The molecule has 0 aromatic carbocycles. The normalized spacial score (nSPS) is 27.3. The molecule has 0 saturated heterocycles. The van der Waals surface area contributed by atoms with Crippen LogP contribution in [0.1, 0.15) is 40.0 Å². The minimum absolute atomic E-state index is 0.400. The highest BCUT2D eigenvalue weighted by atomic mass is 16.5. The molecule has 1 fully saturated rings. The minimum atomic E-state index is 0.400. The molecule has 1 aliphatic carbocycles. The first-order chi connectivity index (χ1) is 8.44. The van der Waals surface area contributed by atoms with Gasteiger partial charge in [-0.1, -0.05) is 20.8 Å². The molecule has 1 aliphatic rings. The summed E-state index contributed by atoms with van der Waals surface area (Å²) in [7, 11) is 0. The van der Waals surface area contributed by atoms with Crippen LogP contribution in [0.5, 0.6) is 0 Å². The Morgan fingerprint density at radius 1 is 1.50 bits per heavy atom. The third kappa shape index (κ3) is 3.73. The Labute approximate surface area is 110 Å². The monoisotopic (exact) mass is 251 g/mol. The van der Waals surface area contributed by atoms with E-state index in [9.17, 15) is 0 Å². The molecule has 2 atom stereocenters. The summed E-state index contributed by atoms with van der Waals surface area (Å²) in [6.45, 7) is 8.50. The number of ether oxygens (including phenoxy) is 1. The molecule has 1 saturated carbocycles. The quantitative estimate of drug-likeness (QED) is 0.895. The second-order valence-electron chi connectivity index (χ2n) is 6.41. The smallest absolute Gasteiger partial charge is 0.145 e. The Balaban J connectivity index is 1.76. The van der Waals surface area contributed by atoms with Crippen molar-refractivity contribution in [2.45, 2.75) is 52.7 Å². The summed E-state index contributed by atoms with van der Waals surface area (Å²) in [6, 6.07) is 1.81. The van der Waals surface area contributed by atoms with E-state index >= 15 is 0 Å². The van der Waals surface area contributed by atoms with Gasteiger partial charge in [-0.15, -0.1) is 0 Å². The van der Waals surface area contributed by atoms with Gasteiger partial charge in [-0.2, -0.15) is 5.10 Å². The zero-order valence-corrected chi connectivity index (χ0v) is 11.7. The van der Waals surface area contributed by atoms with Gasteiger partial charge < -0.3 is 10.5 Å². The van der Waals surface area contributed by atoms with Crippen molar-refractivity contribution in [1.82, 2.24) is 9.78 Å². The van der Waals surface area contributed by atoms with Gasteiger partial charge in [0, 0.05) is 6.20 Å². The molecule has 1 aromatic heterocycles. The van der Waals surface area contributed by atoms with Crippen molar-refractivity contribution in [3.63, 3.8) is 0 Å². The lowest BCUT2D eigenvalue weighted by atomic mass is 9.71. The van der Waals surface area contributed by atoms with E-state index in [0.717, 1.165) is 12.5 Å². The first kappa shape index (κ1) is 13.4. The maximum absolute atomic E-state index is 6.00. The molecule has 4 nitrogen and oxygen atoms in total. The van der Waals surface area contributed by atoms with Crippen molar-refractivity contribution in [2.24, 2.45) is 11.3 Å². The lowest BCUT2D eigenvalue weighted by Gasteiger charge is -2.38. The predicted octanol–water partition coefficient (Wildman–Crippen LogP) is 2.70. The standard InChI is InChI=1S/C14H25N3O/c1-11-8-12(10-14(2,3)9-11)18-7-6-17-5-4-13(15)16-17/h4-5,11-12H,6-10H2,1-3H3,(H2,15,16). The van der Waals surface area contributed by atoms with Crippen LogP contribution >= 0.6 is 0 Å². The summed E-state index contributed by atoms with van der Waals surface area (Å²) in [4.78, 5) is 0. The molecule has 18 heavy (non-hydrogen) atoms. The number of hydrogen-bond acceptors (Lipinski definition) is 3. The molecular formula is C14H25N3O. The van der Waals surface area contributed by atoms with Crippen molar-refractivity contribution in [1.29, 1.82) is 0 Å². The summed E-state index contributed by atoms with van der Waals surface area (Å²) in [5.74, 6) is 1.33. The van der Waals surface area contributed by atoms with Gasteiger partial charge in [-0.05, 0) is 36.7 Å². The number of hydrogen-bond donors (Lipinski definition) is 1. The first-order valence-corrected chi connectivity index (χ1v) is 6.85. The van der Waals surface area contributed by atoms with Crippen LogP contribution in [0.3, 0.4) is 0 Å². The fraction of sp³-hybridized carbons (Fsp3) is 0.786. The van der Waals surface area contributed by atoms with E-state index in [1.54, 1.807) is 0 Å². The maximum Gasteiger partial charge on any atom is 0.145 e. The van der Waals surface area contributed by atoms with E-state index < -0.39 is 0 Å². The molecule has 2 unspecified atom stereocenters. The minimum Gasteiger partial charge on any atom is -0.382 e. The molecule has 1 heterocycles. The average molecular weight is 251 g/mol. The number of nitrogen functional groups attached to an aromatic ring is 1. The van der Waals surface area contributed by atoms with Gasteiger partial charge in [-0.3, -0.25) is 4.68 Å². The van der Waals surface area contributed by atoms with Crippen molar-refractivity contribution in [2.75, 3.05) is 12.3 Å². The van der Waals surface area contributed by atoms with Crippen LogP contribution in [0.2, 0.25) is 0 Å². The zero-order chi connectivity index (χ0) is 13.2. The predicted molar refractivity (Wildman–Crippen MR) is 73.2 cm³/mol. The van der Waals surface area contributed by atoms with Crippen LogP contribution < -0.4 is 5.73 Å². The fourth-order valence-corrected chi connectivity index (χ4v) is 3.20. The molecule has 2 N–H and O–H groups in total. The first-order valence-electron chi connectivity index (χ1n) is 6.85. The van der Waals surface area contributed by atoms with Gasteiger partial charge >= 0.3 is 0 Å². The highest BCUT2D eigenvalue weighted by Gasteiger charge is 2.32. The Morgan fingerprint density at radius 2 is 2.28 bits per heavy atom. The lowest BCUT2D eigenvalue weighted by molar-refractivity contribution is -0.0261. The van der Waals surface area contributed by atoms with Crippen molar-refractivity contribution >= 4 is 5.82 Å². The van der Waals surface area contributed by atoms with Crippen molar-refractivity contribution in [3.05, 3.63) is 12.3 Å². The molecule has 2 rings (SSSR count). The molecule has 0 radical (unpaired) electrons.